The van der Waals surface area contributed by atoms with Crippen LogP contribution in [0.3, 0.4) is 0 Å². The van der Waals surface area contributed by atoms with Gasteiger partial charge in [0.05, 0.1) is 12.2 Å². The number of carboxylic acid groups (broad SMARTS) is 2. The fourth-order valence-corrected chi connectivity index (χ4v) is 2.67. The smallest absolute Gasteiger partial charge is 0.325 e. The maximum Gasteiger partial charge on any atom is 0.325 e. The van der Waals surface area contributed by atoms with E-state index in [9.17, 15) is 19.5 Å². The molecule has 28 heavy (non-hydrogen) atoms. The number of nitrogens with zero attached hydrogens (tertiary/aromatic N) is 2. The van der Waals surface area contributed by atoms with Crippen molar-refractivity contribution in [2.45, 2.75) is 12.5 Å². The Morgan fingerprint density at radius 1 is 0.964 bits per heavy atom. The van der Waals surface area contributed by atoms with Crippen LogP contribution in [-0.4, -0.2) is 59.2 Å². The van der Waals surface area contributed by atoms with Crippen molar-refractivity contribution < 1.29 is 24.6 Å². The lowest BCUT2D eigenvalue weighted by Gasteiger charge is -2.32. The van der Waals surface area contributed by atoms with E-state index in [1.165, 1.54) is 5.01 Å². The Morgan fingerprint density at radius 3 is 2.07 bits per heavy atom. The first-order valence-electron chi connectivity index (χ1n) is 8.69. The summed E-state index contributed by atoms with van der Waals surface area (Å²) in [7, 11) is 1.58. The van der Waals surface area contributed by atoms with Crippen molar-refractivity contribution in [3.05, 3.63) is 66.2 Å². The van der Waals surface area contributed by atoms with Crippen LogP contribution in [0.25, 0.3) is 0 Å². The van der Waals surface area contributed by atoms with Crippen LogP contribution in [0.15, 0.2) is 60.7 Å². The molecule has 0 bridgehead atoms. The van der Waals surface area contributed by atoms with Gasteiger partial charge in [-0.25, -0.2) is 5.01 Å². The van der Waals surface area contributed by atoms with Gasteiger partial charge < -0.3 is 10.2 Å². The number of hydrazine groups is 1. The van der Waals surface area contributed by atoms with Gasteiger partial charge >= 0.3 is 11.9 Å². The summed E-state index contributed by atoms with van der Waals surface area (Å²) >= 11 is 0. The number of carbonyl (C=O) groups excluding carboxylic acids is 1. The van der Waals surface area contributed by atoms with E-state index < -0.39 is 30.4 Å². The minimum Gasteiger partial charge on any atom is -0.480 e. The SMILES string of the molecule is CN(c1ccccc1)N(CC(=O)O)C(=O)CNC(Cc1ccccc1)C(=O)O. The van der Waals surface area contributed by atoms with Gasteiger partial charge in [0, 0.05) is 7.05 Å². The van der Waals surface area contributed by atoms with Gasteiger partial charge in [0.15, 0.2) is 0 Å². The number of hydrogen-bond donors (Lipinski definition) is 3. The highest BCUT2D eigenvalue weighted by molar-refractivity contribution is 5.85. The summed E-state index contributed by atoms with van der Waals surface area (Å²) in [6.07, 6.45) is 0.205. The van der Waals surface area contributed by atoms with E-state index in [1.54, 1.807) is 43.4 Å². The fraction of sp³-hybridized carbons (Fsp3) is 0.250. The Kier molecular flexibility index (Phi) is 7.53. The maximum absolute atomic E-state index is 12.6. The third-order valence-electron chi connectivity index (χ3n) is 4.15. The molecule has 0 aliphatic rings. The van der Waals surface area contributed by atoms with Crippen LogP contribution in [0.2, 0.25) is 0 Å². The zero-order valence-corrected chi connectivity index (χ0v) is 15.5. The minimum atomic E-state index is -1.17. The molecule has 8 heteroatoms. The first-order valence-corrected chi connectivity index (χ1v) is 8.69. The Labute approximate surface area is 163 Å². The molecule has 0 radical (unpaired) electrons. The van der Waals surface area contributed by atoms with Crippen LogP contribution in [-0.2, 0) is 20.8 Å². The van der Waals surface area contributed by atoms with E-state index >= 15 is 0 Å². The van der Waals surface area contributed by atoms with Crippen LogP contribution in [0.4, 0.5) is 5.69 Å². The van der Waals surface area contributed by atoms with Crippen molar-refractivity contribution in [2.75, 3.05) is 25.1 Å². The highest BCUT2D eigenvalue weighted by Gasteiger charge is 2.24. The maximum atomic E-state index is 12.6. The number of aliphatic carboxylic acids is 2. The molecule has 0 saturated heterocycles. The number of hydrogen-bond acceptors (Lipinski definition) is 5. The molecule has 0 aliphatic carbocycles. The number of rotatable bonds is 10. The molecule has 2 aromatic rings. The summed E-state index contributed by atoms with van der Waals surface area (Å²) in [4.78, 5) is 35.4. The van der Waals surface area contributed by atoms with Gasteiger partial charge in [-0.1, -0.05) is 48.5 Å². The first kappa shape index (κ1) is 20.9. The number of anilines is 1. The van der Waals surface area contributed by atoms with Gasteiger partial charge in [0.2, 0.25) is 0 Å². The van der Waals surface area contributed by atoms with Gasteiger partial charge in [-0.3, -0.25) is 24.7 Å². The predicted molar refractivity (Wildman–Crippen MR) is 104 cm³/mol. The third-order valence-corrected chi connectivity index (χ3v) is 4.15. The largest absolute Gasteiger partial charge is 0.480 e. The number of nitrogens with one attached hydrogen (secondary N) is 1. The molecule has 3 N–H and O–H groups in total. The number of carboxylic acids is 2. The van der Waals surface area contributed by atoms with E-state index in [4.69, 9.17) is 5.11 Å². The quantitative estimate of drug-likeness (QED) is 0.528. The molecule has 0 fully saturated rings. The van der Waals surface area contributed by atoms with Crippen molar-refractivity contribution in [3.63, 3.8) is 0 Å². The van der Waals surface area contributed by atoms with E-state index in [1.807, 2.05) is 24.3 Å². The molecule has 2 aromatic carbocycles. The van der Waals surface area contributed by atoms with Crippen molar-refractivity contribution in [1.82, 2.24) is 10.3 Å². The average Bonchev–Trinajstić information content (AvgIpc) is 2.69. The van der Waals surface area contributed by atoms with Crippen molar-refractivity contribution in [2.24, 2.45) is 0 Å². The van der Waals surface area contributed by atoms with Gasteiger partial charge in [-0.15, -0.1) is 0 Å². The third kappa shape index (κ3) is 6.10. The Balaban J connectivity index is 2.06. The Bertz CT molecular complexity index is 798. The standard InChI is InChI=1S/C20H23N3O5/c1-22(16-10-6-3-7-11-16)23(14-19(25)26)18(24)13-21-17(20(27)28)12-15-8-4-2-5-9-15/h2-11,17,21H,12-14H2,1H3,(H,25,26)(H,27,28). The number of para-hydroxylation sites is 1. The molecule has 1 amide bonds. The lowest BCUT2D eigenvalue weighted by Crippen LogP contribution is -2.52. The second kappa shape index (κ2) is 10.1. The second-order valence-electron chi connectivity index (χ2n) is 6.17. The average molecular weight is 385 g/mol. The van der Waals surface area contributed by atoms with E-state index in [0.717, 1.165) is 10.6 Å². The van der Waals surface area contributed by atoms with Gasteiger partial charge in [-0.2, -0.15) is 0 Å². The molecule has 1 unspecified atom stereocenters. The highest BCUT2D eigenvalue weighted by Crippen LogP contribution is 2.14. The molecule has 1 atom stereocenters. The lowest BCUT2D eigenvalue weighted by molar-refractivity contribution is -0.145. The van der Waals surface area contributed by atoms with Crippen LogP contribution in [0.5, 0.6) is 0 Å². The summed E-state index contributed by atoms with van der Waals surface area (Å²) in [5.41, 5.74) is 1.45. The summed E-state index contributed by atoms with van der Waals surface area (Å²) < 4.78 is 0. The molecule has 0 aromatic heterocycles. The molecule has 0 aliphatic heterocycles. The summed E-state index contributed by atoms with van der Waals surface area (Å²) in [5.74, 6) is -2.80. The summed E-state index contributed by atoms with van der Waals surface area (Å²) in [5, 5.41) is 23.8. The van der Waals surface area contributed by atoms with Gasteiger partial charge in [0.25, 0.3) is 5.91 Å². The summed E-state index contributed by atoms with van der Waals surface area (Å²) in [6.45, 7) is -0.851. The van der Waals surface area contributed by atoms with Crippen LogP contribution < -0.4 is 10.3 Å². The minimum absolute atomic E-state index is 0.205. The molecule has 0 heterocycles. The molecule has 8 nitrogen and oxygen atoms in total. The molecule has 0 spiro atoms. The van der Waals surface area contributed by atoms with Crippen molar-refractivity contribution >= 4 is 23.5 Å². The van der Waals surface area contributed by atoms with Crippen LogP contribution in [0, 0.1) is 0 Å². The highest BCUT2D eigenvalue weighted by atomic mass is 16.4. The number of amides is 1. The second-order valence-corrected chi connectivity index (χ2v) is 6.17. The first-order chi connectivity index (χ1) is 13.4. The molecule has 0 saturated carbocycles. The van der Waals surface area contributed by atoms with Gasteiger partial charge in [0.1, 0.15) is 12.6 Å². The molecular formula is C20H23N3O5. The topological polar surface area (TPSA) is 110 Å². The zero-order chi connectivity index (χ0) is 20.5. The van der Waals surface area contributed by atoms with Gasteiger partial charge in [-0.05, 0) is 24.1 Å². The Morgan fingerprint density at radius 2 is 1.54 bits per heavy atom. The summed E-state index contributed by atoms with van der Waals surface area (Å²) in [6, 6.07) is 16.9. The van der Waals surface area contributed by atoms with Crippen molar-refractivity contribution in [3.8, 4) is 0 Å². The Hall–Kier alpha value is -3.39. The zero-order valence-electron chi connectivity index (χ0n) is 15.5. The van der Waals surface area contributed by atoms with Crippen LogP contribution in [0.1, 0.15) is 5.56 Å². The van der Waals surface area contributed by atoms with E-state index in [-0.39, 0.29) is 13.0 Å². The van der Waals surface area contributed by atoms with Crippen LogP contribution >= 0.6 is 0 Å². The molecule has 2 rings (SSSR count). The van der Waals surface area contributed by atoms with E-state index in [0.29, 0.717) is 5.69 Å². The number of benzene rings is 2. The lowest BCUT2D eigenvalue weighted by atomic mass is 10.1. The monoisotopic (exact) mass is 385 g/mol. The number of carbonyl (C=O) groups is 3. The molecular weight excluding hydrogens is 362 g/mol. The fourth-order valence-electron chi connectivity index (χ4n) is 2.67. The normalized spacial score (nSPS) is 11.5. The molecule has 148 valence electrons. The van der Waals surface area contributed by atoms with E-state index in [2.05, 4.69) is 5.32 Å². The van der Waals surface area contributed by atoms with Crippen molar-refractivity contribution in [1.29, 1.82) is 0 Å². The predicted octanol–water partition coefficient (Wildman–Crippen LogP) is 1.24.